The third kappa shape index (κ3) is 4.37. The largest absolute Gasteiger partial charge is 0.369 e. The Balaban J connectivity index is 2.65. The van der Waals surface area contributed by atoms with Crippen molar-refractivity contribution in [3.05, 3.63) is 35.6 Å². The van der Waals surface area contributed by atoms with Crippen LogP contribution in [0.5, 0.6) is 0 Å². The average Bonchev–Trinajstić information content (AvgIpc) is 2.19. The first-order chi connectivity index (χ1) is 7.39. The second-order valence-electron chi connectivity index (χ2n) is 3.17. The van der Waals surface area contributed by atoms with Crippen molar-refractivity contribution in [2.45, 2.75) is 5.75 Å². The number of rotatable bonds is 5. The summed E-state index contributed by atoms with van der Waals surface area (Å²) in [6.45, 7) is -0.441. The molecule has 88 valence electrons. The second-order valence-corrected chi connectivity index (χ2v) is 4.98. The molecule has 0 atom stereocenters. The maximum absolute atomic E-state index is 12.5. The van der Waals surface area contributed by atoms with Gasteiger partial charge in [0.15, 0.2) is 0 Å². The highest BCUT2D eigenvalue weighted by molar-refractivity contribution is 7.88. The van der Waals surface area contributed by atoms with Crippen molar-refractivity contribution in [1.82, 2.24) is 4.72 Å². The third-order valence-corrected chi connectivity index (χ3v) is 3.03. The van der Waals surface area contributed by atoms with Gasteiger partial charge in [0.05, 0.1) is 12.3 Å². The van der Waals surface area contributed by atoms with Crippen LogP contribution in [0.1, 0.15) is 5.56 Å². The van der Waals surface area contributed by atoms with Crippen LogP contribution < -0.4 is 10.5 Å². The van der Waals surface area contributed by atoms with Crippen molar-refractivity contribution in [1.29, 1.82) is 0 Å². The summed E-state index contributed by atoms with van der Waals surface area (Å²) in [6.07, 6.45) is 0. The number of amides is 1. The normalized spacial score (nSPS) is 11.3. The van der Waals surface area contributed by atoms with Crippen molar-refractivity contribution >= 4 is 15.9 Å². The number of primary amides is 1. The first-order valence-corrected chi connectivity index (χ1v) is 6.04. The molecule has 1 aromatic rings. The van der Waals surface area contributed by atoms with Gasteiger partial charge in [-0.05, 0) is 17.7 Å². The van der Waals surface area contributed by atoms with E-state index in [1.807, 2.05) is 4.72 Å². The van der Waals surface area contributed by atoms with E-state index in [9.17, 15) is 17.6 Å². The molecule has 0 unspecified atom stereocenters. The maximum atomic E-state index is 12.5. The standard InChI is InChI=1S/C9H11FN2O3S/c10-8-3-1-7(2-4-8)6-16(14,15)12-5-9(11)13/h1-4,12H,5-6H2,(H2,11,13). The first kappa shape index (κ1) is 12.6. The maximum Gasteiger partial charge on any atom is 0.232 e. The van der Waals surface area contributed by atoms with Crippen molar-refractivity contribution < 1.29 is 17.6 Å². The molecule has 0 fully saturated rings. The molecule has 1 aromatic carbocycles. The number of nitrogens with two attached hydrogens (primary N) is 1. The molecule has 16 heavy (non-hydrogen) atoms. The van der Waals surface area contributed by atoms with Gasteiger partial charge in [-0.15, -0.1) is 0 Å². The molecule has 0 saturated carbocycles. The number of nitrogens with one attached hydrogen (secondary N) is 1. The summed E-state index contributed by atoms with van der Waals surface area (Å²) in [5, 5.41) is 0. The Hall–Kier alpha value is -1.47. The molecule has 0 heterocycles. The fraction of sp³-hybridized carbons (Fsp3) is 0.222. The Morgan fingerprint density at radius 3 is 2.38 bits per heavy atom. The summed E-state index contributed by atoms with van der Waals surface area (Å²) in [5.41, 5.74) is 5.23. The third-order valence-electron chi connectivity index (χ3n) is 1.74. The number of sulfonamides is 1. The smallest absolute Gasteiger partial charge is 0.232 e. The minimum absolute atomic E-state index is 0.319. The Kier molecular flexibility index (Phi) is 3.97. The SMILES string of the molecule is NC(=O)CNS(=O)(=O)Cc1ccc(F)cc1. The Bertz CT molecular complexity index is 470. The van der Waals surface area contributed by atoms with Crippen LogP contribution in [-0.2, 0) is 20.6 Å². The zero-order valence-corrected chi connectivity index (χ0v) is 9.13. The van der Waals surface area contributed by atoms with Crippen LogP contribution in [0.3, 0.4) is 0 Å². The number of hydrogen-bond acceptors (Lipinski definition) is 3. The highest BCUT2D eigenvalue weighted by Gasteiger charge is 2.12. The van der Waals surface area contributed by atoms with Gasteiger partial charge < -0.3 is 5.73 Å². The van der Waals surface area contributed by atoms with Crippen LogP contribution in [0.4, 0.5) is 4.39 Å². The minimum Gasteiger partial charge on any atom is -0.369 e. The fourth-order valence-corrected chi connectivity index (χ4v) is 2.13. The van der Waals surface area contributed by atoms with Gasteiger partial charge in [0, 0.05) is 0 Å². The van der Waals surface area contributed by atoms with Crippen LogP contribution in [0.15, 0.2) is 24.3 Å². The Labute approximate surface area is 92.5 Å². The van der Waals surface area contributed by atoms with E-state index in [4.69, 9.17) is 5.73 Å². The fourth-order valence-electron chi connectivity index (χ4n) is 1.03. The molecule has 5 nitrogen and oxygen atoms in total. The number of benzene rings is 1. The molecule has 1 rings (SSSR count). The van der Waals surface area contributed by atoms with Gasteiger partial charge in [-0.2, -0.15) is 0 Å². The van der Waals surface area contributed by atoms with Crippen LogP contribution in [0, 0.1) is 5.82 Å². The summed E-state index contributed by atoms with van der Waals surface area (Å²) < 4.78 is 37.3. The van der Waals surface area contributed by atoms with Crippen molar-refractivity contribution in [2.75, 3.05) is 6.54 Å². The van der Waals surface area contributed by atoms with Crippen LogP contribution in [-0.4, -0.2) is 20.9 Å². The molecule has 0 radical (unpaired) electrons. The molecule has 0 aliphatic rings. The summed E-state index contributed by atoms with van der Waals surface area (Å²) in [5.74, 6) is -1.52. The lowest BCUT2D eigenvalue weighted by Gasteiger charge is -2.04. The molecule has 7 heteroatoms. The Morgan fingerprint density at radius 2 is 1.88 bits per heavy atom. The zero-order chi connectivity index (χ0) is 12.2. The highest BCUT2D eigenvalue weighted by Crippen LogP contribution is 2.06. The molecular weight excluding hydrogens is 235 g/mol. The predicted octanol–water partition coefficient (Wildman–Crippen LogP) is -0.270. The van der Waals surface area contributed by atoms with E-state index in [1.165, 1.54) is 24.3 Å². The van der Waals surface area contributed by atoms with Crippen molar-refractivity contribution in [3.8, 4) is 0 Å². The topological polar surface area (TPSA) is 89.3 Å². The lowest BCUT2D eigenvalue weighted by molar-refractivity contribution is -0.116. The summed E-state index contributed by atoms with van der Waals surface area (Å²) >= 11 is 0. The second kappa shape index (κ2) is 5.04. The van der Waals surface area contributed by atoms with Crippen molar-refractivity contribution in [3.63, 3.8) is 0 Å². The van der Waals surface area contributed by atoms with Gasteiger partial charge in [0.25, 0.3) is 0 Å². The quantitative estimate of drug-likeness (QED) is 0.749. The molecule has 0 saturated heterocycles. The Morgan fingerprint density at radius 1 is 1.31 bits per heavy atom. The van der Waals surface area contributed by atoms with Gasteiger partial charge >= 0.3 is 0 Å². The molecular formula is C9H11FN2O3S. The summed E-state index contributed by atoms with van der Waals surface area (Å²) in [6, 6.07) is 5.05. The molecule has 0 aromatic heterocycles. The van der Waals surface area contributed by atoms with Gasteiger partial charge in [-0.1, -0.05) is 12.1 Å². The van der Waals surface area contributed by atoms with Gasteiger partial charge in [0.2, 0.25) is 15.9 Å². The zero-order valence-electron chi connectivity index (χ0n) is 8.31. The average molecular weight is 246 g/mol. The molecule has 0 aliphatic heterocycles. The highest BCUT2D eigenvalue weighted by atomic mass is 32.2. The van der Waals surface area contributed by atoms with E-state index < -0.39 is 28.3 Å². The first-order valence-electron chi connectivity index (χ1n) is 4.39. The lowest BCUT2D eigenvalue weighted by atomic mass is 10.2. The van der Waals surface area contributed by atoms with E-state index in [1.54, 1.807) is 0 Å². The van der Waals surface area contributed by atoms with Crippen molar-refractivity contribution in [2.24, 2.45) is 5.73 Å². The monoisotopic (exact) mass is 246 g/mol. The van der Waals surface area contributed by atoms with E-state index in [2.05, 4.69) is 0 Å². The number of hydrogen-bond donors (Lipinski definition) is 2. The van der Waals surface area contributed by atoms with E-state index in [0.717, 1.165) is 0 Å². The molecule has 0 bridgehead atoms. The molecule has 3 N–H and O–H groups in total. The number of carbonyl (C=O) groups is 1. The number of halogens is 1. The van der Waals surface area contributed by atoms with E-state index >= 15 is 0 Å². The molecule has 1 amide bonds. The number of carbonyl (C=O) groups excluding carboxylic acids is 1. The lowest BCUT2D eigenvalue weighted by Crippen LogP contribution is -2.34. The summed E-state index contributed by atoms with van der Waals surface area (Å²) in [7, 11) is -3.62. The minimum atomic E-state index is -3.62. The van der Waals surface area contributed by atoms with Gasteiger partial charge in [0.1, 0.15) is 5.82 Å². The molecule has 0 spiro atoms. The van der Waals surface area contributed by atoms with Gasteiger partial charge in [-0.3, -0.25) is 4.79 Å². The van der Waals surface area contributed by atoms with Gasteiger partial charge in [-0.25, -0.2) is 17.5 Å². The van der Waals surface area contributed by atoms with Crippen LogP contribution in [0.2, 0.25) is 0 Å². The van der Waals surface area contributed by atoms with Crippen LogP contribution in [0.25, 0.3) is 0 Å². The predicted molar refractivity (Wildman–Crippen MR) is 56.2 cm³/mol. The van der Waals surface area contributed by atoms with E-state index in [-0.39, 0.29) is 5.75 Å². The van der Waals surface area contributed by atoms with E-state index in [0.29, 0.717) is 5.56 Å². The summed E-state index contributed by atoms with van der Waals surface area (Å²) in [4.78, 5) is 10.4. The van der Waals surface area contributed by atoms with Crippen LogP contribution >= 0.6 is 0 Å². The molecule has 0 aliphatic carbocycles.